The van der Waals surface area contributed by atoms with Gasteiger partial charge in [0, 0.05) is 17.4 Å². The Labute approximate surface area is 78.3 Å². The Morgan fingerprint density at radius 3 is 2.27 bits per heavy atom. The standard InChI is InChI=1S/C9H18BrN/c1-8-4-5-9(2)11(8)7-3-6-10/h8-9H,3-7H2,1-2H3/t8-,9-/m0/s1. The molecule has 0 radical (unpaired) electrons. The van der Waals surface area contributed by atoms with Crippen LogP contribution in [0, 0.1) is 0 Å². The zero-order valence-corrected chi connectivity index (χ0v) is 9.10. The molecule has 0 aromatic heterocycles. The Hall–Kier alpha value is 0.440. The van der Waals surface area contributed by atoms with Crippen molar-refractivity contribution in [2.45, 2.75) is 45.2 Å². The van der Waals surface area contributed by atoms with E-state index in [1.807, 2.05) is 0 Å². The molecule has 1 saturated heterocycles. The summed E-state index contributed by atoms with van der Waals surface area (Å²) in [6, 6.07) is 1.65. The van der Waals surface area contributed by atoms with Crippen molar-refractivity contribution in [1.29, 1.82) is 0 Å². The Kier molecular flexibility index (Phi) is 3.86. The van der Waals surface area contributed by atoms with Crippen molar-refractivity contribution >= 4 is 15.9 Å². The highest BCUT2D eigenvalue weighted by Gasteiger charge is 2.25. The third-order valence-electron chi connectivity index (χ3n) is 2.68. The third kappa shape index (κ3) is 2.45. The first-order valence-electron chi connectivity index (χ1n) is 4.57. The van der Waals surface area contributed by atoms with Crippen LogP contribution in [0.3, 0.4) is 0 Å². The van der Waals surface area contributed by atoms with Gasteiger partial charge in [-0.3, -0.25) is 4.90 Å². The van der Waals surface area contributed by atoms with E-state index < -0.39 is 0 Å². The topological polar surface area (TPSA) is 3.24 Å². The van der Waals surface area contributed by atoms with E-state index in [0.717, 1.165) is 17.4 Å². The number of rotatable bonds is 3. The molecule has 0 amide bonds. The van der Waals surface area contributed by atoms with Crippen LogP contribution in [0.5, 0.6) is 0 Å². The molecule has 0 saturated carbocycles. The van der Waals surface area contributed by atoms with Gasteiger partial charge in [-0.2, -0.15) is 0 Å². The first-order chi connectivity index (χ1) is 5.25. The van der Waals surface area contributed by atoms with Gasteiger partial charge in [0.25, 0.3) is 0 Å². The van der Waals surface area contributed by atoms with E-state index in [2.05, 4.69) is 34.7 Å². The highest BCUT2D eigenvalue weighted by atomic mass is 79.9. The van der Waals surface area contributed by atoms with Crippen molar-refractivity contribution in [2.75, 3.05) is 11.9 Å². The molecule has 0 aromatic rings. The molecule has 0 bridgehead atoms. The van der Waals surface area contributed by atoms with Crippen LogP contribution >= 0.6 is 15.9 Å². The lowest BCUT2D eigenvalue weighted by Crippen LogP contribution is -2.33. The molecule has 66 valence electrons. The van der Waals surface area contributed by atoms with Gasteiger partial charge >= 0.3 is 0 Å². The largest absolute Gasteiger partial charge is 0.298 e. The highest BCUT2D eigenvalue weighted by Crippen LogP contribution is 2.23. The molecule has 0 aromatic carbocycles. The van der Waals surface area contributed by atoms with Gasteiger partial charge in [-0.15, -0.1) is 0 Å². The SMILES string of the molecule is C[C@H]1CC[C@H](C)N1CCCBr. The molecule has 1 heterocycles. The summed E-state index contributed by atoms with van der Waals surface area (Å²) in [6.07, 6.45) is 4.07. The molecule has 0 unspecified atom stereocenters. The number of alkyl halides is 1. The summed E-state index contributed by atoms with van der Waals surface area (Å²) in [6.45, 7) is 5.96. The lowest BCUT2D eigenvalue weighted by Gasteiger charge is -2.25. The Balaban J connectivity index is 2.29. The molecule has 0 aliphatic carbocycles. The predicted octanol–water partition coefficient (Wildman–Crippen LogP) is 2.64. The number of nitrogens with zero attached hydrogens (tertiary/aromatic N) is 1. The summed E-state index contributed by atoms with van der Waals surface area (Å²) < 4.78 is 0. The summed E-state index contributed by atoms with van der Waals surface area (Å²) in [5.41, 5.74) is 0. The molecular weight excluding hydrogens is 202 g/mol. The molecule has 1 aliphatic heterocycles. The summed E-state index contributed by atoms with van der Waals surface area (Å²) in [5.74, 6) is 0. The van der Waals surface area contributed by atoms with Gasteiger partial charge in [0.05, 0.1) is 0 Å². The zero-order valence-electron chi connectivity index (χ0n) is 7.52. The summed E-state index contributed by atoms with van der Waals surface area (Å²) in [4.78, 5) is 2.63. The van der Waals surface area contributed by atoms with Crippen molar-refractivity contribution in [3.63, 3.8) is 0 Å². The van der Waals surface area contributed by atoms with Crippen molar-refractivity contribution < 1.29 is 0 Å². The molecule has 1 aliphatic rings. The normalized spacial score (nSPS) is 33.0. The molecule has 0 N–H and O–H groups in total. The summed E-state index contributed by atoms with van der Waals surface area (Å²) in [7, 11) is 0. The monoisotopic (exact) mass is 219 g/mol. The van der Waals surface area contributed by atoms with Crippen molar-refractivity contribution in [3.05, 3.63) is 0 Å². The van der Waals surface area contributed by atoms with Gasteiger partial charge < -0.3 is 0 Å². The molecule has 11 heavy (non-hydrogen) atoms. The van der Waals surface area contributed by atoms with E-state index in [4.69, 9.17) is 0 Å². The number of hydrogen-bond donors (Lipinski definition) is 0. The van der Waals surface area contributed by atoms with Gasteiger partial charge in [0.15, 0.2) is 0 Å². The number of halogens is 1. The fourth-order valence-electron chi connectivity index (χ4n) is 1.93. The minimum atomic E-state index is 0.823. The van der Waals surface area contributed by atoms with Crippen LogP contribution < -0.4 is 0 Å². The second-order valence-corrected chi connectivity index (χ2v) is 4.35. The van der Waals surface area contributed by atoms with E-state index in [9.17, 15) is 0 Å². The van der Waals surface area contributed by atoms with Gasteiger partial charge in [-0.05, 0) is 39.7 Å². The lowest BCUT2D eigenvalue weighted by molar-refractivity contribution is 0.215. The first kappa shape index (κ1) is 9.53. The Bertz CT molecular complexity index is 106. The Morgan fingerprint density at radius 1 is 1.27 bits per heavy atom. The molecule has 1 rings (SSSR count). The van der Waals surface area contributed by atoms with Gasteiger partial charge in [0.2, 0.25) is 0 Å². The van der Waals surface area contributed by atoms with E-state index in [1.54, 1.807) is 0 Å². The maximum Gasteiger partial charge on any atom is 0.00703 e. The molecular formula is C9H18BrN. The van der Waals surface area contributed by atoms with Crippen molar-refractivity contribution in [2.24, 2.45) is 0 Å². The van der Waals surface area contributed by atoms with Crippen LogP contribution in [0.15, 0.2) is 0 Å². The van der Waals surface area contributed by atoms with E-state index in [-0.39, 0.29) is 0 Å². The average molecular weight is 220 g/mol. The van der Waals surface area contributed by atoms with Gasteiger partial charge in [0.1, 0.15) is 0 Å². The smallest absolute Gasteiger partial charge is 0.00703 e. The van der Waals surface area contributed by atoms with Crippen molar-refractivity contribution in [1.82, 2.24) is 4.90 Å². The second kappa shape index (κ2) is 4.46. The van der Waals surface area contributed by atoms with E-state index in [0.29, 0.717) is 0 Å². The quantitative estimate of drug-likeness (QED) is 0.661. The van der Waals surface area contributed by atoms with Gasteiger partial charge in [-0.1, -0.05) is 15.9 Å². The third-order valence-corrected chi connectivity index (χ3v) is 3.25. The minimum Gasteiger partial charge on any atom is -0.298 e. The average Bonchev–Trinajstić information content (AvgIpc) is 2.29. The highest BCUT2D eigenvalue weighted by molar-refractivity contribution is 9.09. The summed E-state index contributed by atoms with van der Waals surface area (Å²) >= 11 is 3.47. The van der Waals surface area contributed by atoms with E-state index in [1.165, 1.54) is 25.8 Å². The molecule has 2 heteroatoms. The van der Waals surface area contributed by atoms with Crippen LogP contribution in [-0.2, 0) is 0 Å². The zero-order chi connectivity index (χ0) is 8.27. The van der Waals surface area contributed by atoms with Crippen LogP contribution in [0.25, 0.3) is 0 Å². The summed E-state index contributed by atoms with van der Waals surface area (Å²) in [5, 5.41) is 1.14. The maximum absolute atomic E-state index is 3.47. The van der Waals surface area contributed by atoms with Gasteiger partial charge in [-0.25, -0.2) is 0 Å². The molecule has 1 nitrogen and oxygen atoms in total. The van der Waals surface area contributed by atoms with E-state index >= 15 is 0 Å². The Morgan fingerprint density at radius 2 is 1.82 bits per heavy atom. The molecule has 2 atom stereocenters. The van der Waals surface area contributed by atoms with Crippen LogP contribution in [0.1, 0.15) is 33.1 Å². The number of hydrogen-bond acceptors (Lipinski definition) is 1. The van der Waals surface area contributed by atoms with Crippen LogP contribution in [-0.4, -0.2) is 28.9 Å². The fraction of sp³-hybridized carbons (Fsp3) is 1.00. The maximum atomic E-state index is 3.47. The van der Waals surface area contributed by atoms with Crippen molar-refractivity contribution in [3.8, 4) is 0 Å². The minimum absolute atomic E-state index is 0.823. The first-order valence-corrected chi connectivity index (χ1v) is 5.69. The van der Waals surface area contributed by atoms with Crippen LogP contribution in [0.4, 0.5) is 0 Å². The fourth-order valence-corrected chi connectivity index (χ4v) is 2.18. The second-order valence-electron chi connectivity index (χ2n) is 3.56. The lowest BCUT2D eigenvalue weighted by atomic mass is 10.2. The van der Waals surface area contributed by atoms with Crippen LogP contribution in [0.2, 0.25) is 0 Å². The number of likely N-dealkylation sites (tertiary alicyclic amines) is 1. The molecule has 0 spiro atoms. The predicted molar refractivity (Wildman–Crippen MR) is 53.3 cm³/mol. The molecule has 1 fully saturated rings.